The number of rotatable bonds is 5. The van der Waals surface area contributed by atoms with E-state index in [2.05, 4.69) is 16.5 Å². The zero-order valence-electron chi connectivity index (χ0n) is 12.7. The summed E-state index contributed by atoms with van der Waals surface area (Å²) in [4.78, 5) is 2.34. The average molecular weight is 305 g/mol. The van der Waals surface area contributed by atoms with Crippen LogP contribution in [0.4, 0.5) is 0 Å². The number of morpholine rings is 1. The van der Waals surface area contributed by atoms with E-state index in [0.717, 1.165) is 25.9 Å². The molecule has 2 saturated heterocycles. The zero-order valence-corrected chi connectivity index (χ0v) is 13.5. The van der Waals surface area contributed by atoms with Crippen LogP contribution in [0.1, 0.15) is 33.6 Å². The van der Waals surface area contributed by atoms with E-state index in [0.29, 0.717) is 25.7 Å². The highest BCUT2D eigenvalue weighted by Gasteiger charge is 2.32. The van der Waals surface area contributed by atoms with E-state index in [-0.39, 0.29) is 12.2 Å². The second kappa shape index (κ2) is 6.70. The van der Waals surface area contributed by atoms with Crippen LogP contribution in [0.5, 0.6) is 0 Å². The Morgan fingerprint density at radius 2 is 1.90 bits per heavy atom. The van der Waals surface area contributed by atoms with Gasteiger partial charge in [-0.2, -0.15) is 12.7 Å². The SMILES string of the molecule is CCN1CCC[C@H]1CNS(=O)(=O)N1C[C@@H](C)O[C@@H](C)C1. The molecule has 2 aliphatic rings. The monoisotopic (exact) mass is 305 g/mol. The van der Waals surface area contributed by atoms with Gasteiger partial charge in [0.1, 0.15) is 0 Å². The molecule has 118 valence electrons. The third-order valence-electron chi connectivity index (χ3n) is 4.13. The van der Waals surface area contributed by atoms with E-state index < -0.39 is 10.2 Å². The Hall–Kier alpha value is -0.210. The predicted molar refractivity (Wildman–Crippen MR) is 78.8 cm³/mol. The largest absolute Gasteiger partial charge is 0.373 e. The van der Waals surface area contributed by atoms with Crippen LogP contribution in [-0.4, -0.2) is 68.6 Å². The maximum atomic E-state index is 12.4. The molecule has 0 saturated carbocycles. The minimum Gasteiger partial charge on any atom is -0.373 e. The summed E-state index contributed by atoms with van der Waals surface area (Å²) in [7, 11) is -3.39. The first-order valence-corrected chi connectivity index (χ1v) is 9.00. The molecule has 2 heterocycles. The van der Waals surface area contributed by atoms with Gasteiger partial charge in [-0.3, -0.25) is 4.90 Å². The Kier molecular flexibility index (Phi) is 5.42. The number of nitrogens with one attached hydrogen (secondary N) is 1. The Bertz CT molecular complexity index is 405. The average Bonchev–Trinajstić information content (AvgIpc) is 2.82. The Balaban J connectivity index is 1.90. The molecule has 3 atom stereocenters. The van der Waals surface area contributed by atoms with Crippen molar-refractivity contribution in [3.8, 4) is 0 Å². The van der Waals surface area contributed by atoms with E-state index in [1.54, 1.807) is 0 Å². The van der Waals surface area contributed by atoms with Crippen molar-refractivity contribution in [3.05, 3.63) is 0 Å². The van der Waals surface area contributed by atoms with Crippen LogP contribution in [0, 0.1) is 0 Å². The summed E-state index contributed by atoms with van der Waals surface area (Å²) in [5, 5.41) is 0. The zero-order chi connectivity index (χ0) is 14.8. The number of hydrogen-bond donors (Lipinski definition) is 1. The molecule has 1 N–H and O–H groups in total. The van der Waals surface area contributed by atoms with Crippen LogP contribution in [0.25, 0.3) is 0 Å². The van der Waals surface area contributed by atoms with E-state index in [4.69, 9.17) is 4.74 Å². The van der Waals surface area contributed by atoms with Gasteiger partial charge in [0, 0.05) is 25.7 Å². The molecule has 2 aliphatic heterocycles. The molecule has 6 nitrogen and oxygen atoms in total. The van der Waals surface area contributed by atoms with Crippen molar-refractivity contribution in [3.63, 3.8) is 0 Å². The molecule has 7 heteroatoms. The first kappa shape index (κ1) is 16.2. The van der Waals surface area contributed by atoms with E-state index >= 15 is 0 Å². The maximum Gasteiger partial charge on any atom is 0.279 e. The minimum atomic E-state index is -3.39. The fourth-order valence-corrected chi connectivity index (χ4v) is 4.56. The topological polar surface area (TPSA) is 61.9 Å². The lowest BCUT2D eigenvalue weighted by molar-refractivity contribution is -0.0444. The quantitative estimate of drug-likeness (QED) is 0.799. The van der Waals surface area contributed by atoms with Gasteiger partial charge in [0.05, 0.1) is 12.2 Å². The van der Waals surface area contributed by atoms with Gasteiger partial charge in [0.2, 0.25) is 0 Å². The third-order valence-corrected chi connectivity index (χ3v) is 5.64. The van der Waals surface area contributed by atoms with Crippen molar-refractivity contribution in [1.29, 1.82) is 0 Å². The lowest BCUT2D eigenvalue weighted by Gasteiger charge is -2.34. The summed E-state index contributed by atoms with van der Waals surface area (Å²) in [5.74, 6) is 0. The highest BCUT2D eigenvalue weighted by atomic mass is 32.2. The van der Waals surface area contributed by atoms with Gasteiger partial charge in [-0.05, 0) is 39.8 Å². The minimum absolute atomic E-state index is 0.0473. The standard InChI is InChI=1S/C13H27N3O3S/c1-4-15-7-5-6-13(15)8-14-20(17,18)16-9-11(2)19-12(3)10-16/h11-14H,4-10H2,1-3H3/t11-,12+,13-/m0/s1. The van der Waals surface area contributed by atoms with Gasteiger partial charge >= 0.3 is 0 Å². The summed E-state index contributed by atoms with van der Waals surface area (Å²) in [6, 6.07) is 0.339. The van der Waals surface area contributed by atoms with Gasteiger partial charge in [-0.25, -0.2) is 4.72 Å². The molecule has 0 spiro atoms. The highest BCUT2D eigenvalue weighted by molar-refractivity contribution is 7.87. The summed E-state index contributed by atoms with van der Waals surface area (Å²) in [6.07, 6.45) is 2.14. The third kappa shape index (κ3) is 3.92. The normalized spacial score (nSPS) is 33.6. The number of nitrogens with zero attached hydrogens (tertiary/aromatic N) is 2. The number of ether oxygens (including phenoxy) is 1. The van der Waals surface area contributed by atoms with Gasteiger partial charge in [0.25, 0.3) is 10.2 Å². The van der Waals surface area contributed by atoms with E-state index in [9.17, 15) is 8.42 Å². The van der Waals surface area contributed by atoms with Crippen molar-refractivity contribution in [2.24, 2.45) is 0 Å². The number of hydrogen-bond acceptors (Lipinski definition) is 4. The fraction of sp³-hybridized carbons (Fsp3) is 1.00. The van der Waals surface area contributed by atoms with Gasteiger partial charge in [-0.15, -0.1) is 0 Å². The fourth-order valence-electron chi connectivity index (χ4n) is 3.16. The van der Waals surface area contributed by atoms with Crippen molar-refractivity contribution in [1.82, 2.24) is 13.9 Å². The van der Waals surface area contributed by atoms with Gasteiger partial charge in [-0.1, -0.05) is 6.92 Å². The van der Waals surface area contributed by atoms with Crippen molar-refractivity contribution in [2.45, 2.75) is 51.9 Å². The molecule has 0 aromatic heterocycles. The van der Waals surface area contributed by atoms with Crippen LogP contribution in [0.15, 0.2) is 0 Å². The molecule has 2 fully saturated rings. The molecule has 0 unspecified atom stereocenters. The van der Waals surface area contributed by atoms with Crippen LogP contribution < -0.4 is 4.72 Å². The molecule has 20 heavy (non-hydrogen) atoms. The molecule has 0 radical (unpaired) electrons. The Morgan fingerprint density at radius 1 is 1.25 bits per heavy atom. The number of likely N-dealkylation sites (tertiary alicyclic amines) is 1. The molecule has 0 aromatic rings. The van der Waals surface area contributed by atoms with Gasteiger partial charge in [0.15, 0.2) is 0 Å². The smallest absolute Gasteiger partial charge is 0.279 e. The highest BCUT2D eigenvalue weighted by Crippen LogP contribution is 2.17. The molecule has 0 aliphatic carbocycles. The first-order chi connectivity index (χ1) is 9.42. The maximum absolute atomic E-state index is 12.4. The number of likely N-dealkylation sites (N-methyl/N-ethyl adjacent to an activating group) is 1. The summed E-state index contributed by atoms with van der Waals surface area (Å²) < 4.78 is 34.6. The molecule has 0 aromatic carbocycles. The summed E-state index contributed by atoms with van der Waals surface area (Å²) in [5.41, 5.74) is 0. The summed E-state index contributed by atoms with van der Waals surface area (Å²) in [6.45, 7) is 9.38. The van der Waals surface area contributed by atoms with E-state index in [1.807, 2.05) is 13.8 Å². The van der Waals surface area contributed by atoms with Crippen LogP contribution >= 0.6 is 0 Å². The summed E-state index contributed by atoms with van der Waals surface area (Å²) >= 11 is 0. The van der Waals surface area contributed by atoms with Crippen LogP contribution in [0.3, 0.4) is 0 Å². The molecule has 2 rings (SSSR count). The Morgan fingerprint density at radius 3 is 2.50 bits per heavy atom. The molecular weight excluding hydrogens is 278 g/mol. The van der Waals surface area contributed by atoms with Crippen LogP contribution in [-0.2, 0) is 14.9 Å². The van der Waals surface area contributed by atoms with Crippen molar-refractivity contribution >= 4 is 10.2 Å². The second-order valence-corrected chi connectivity index (χ2v) is 7.61. The lowest BCUT2D eigenvalue weighted by atomic mass is 10.2. The van der Waals surface area contributed by atoms with E-state index in [1.165, 1.54) is 4.31 Å². The Labute approximate surface area is 122 Å². The molecule has 0 bridgehead atoms. The van der Waals surface area contributed by atoms with Crippen molar-refractivity contribution in [2.75, 3.05) is 32.7 Å². The first-order valence-electron chi connectivity index (χ1n) is 7.56. The lowest BCUT2D eigenvalue weighted by Crippen LogP contribution is -2.53. The van der Waals surface area contributed by atoms with Crippen molar-refractivity contribution < 1.29 is 13.2 Å². The molecular formula is C13H27N3O3S. The second-order valence-electron chi connectivity index (χ2n) is 5.85. The molecule has 0 amide bonds. The predicted octanol–water partition coefficient (Wildman–Crippen LogP) is 0.414. The van der Waals surface area contributed by atoms with Crippen LogP contribution in [0.2, 0.25) is 0 Å². The van der Waals surface area contributed by atoms with Gasteiger partial charge < -0.3 is 4.74 Å².